The van der Waals surface area contributed by atoms with E-state index in [2.05, 4.69) is 32.5 Å². The first kappa shape index (κ1) is 19.9. The number of halogens is 1. The molecule has 1 aliphatic rings. The van der Waals surface area contributed by atoms with Gasteiger partial charge >= 0.3 is 0 Å². The van der Waals surface area contributed by atoms with E-state index in [0.29, 0.717) is 28.7 Å². The number of aromatic nitrogens is 1. The molecule has 0 fully saturated rings. The van der Waals surface area contributed by atoms with E-state index in [4.69, 9.17) is 9.47 Å². The van der Waals surface area contributed by atoms with Crippen molar-refractivity contribution in [3.8, 4) is 11.5 Å². The minimum atomic E-state index is -0.463. The fourth-order valence-electron chi connectivity index (χ4n) is 2.66. The molecule has 0 unspecified atom stereocenters. The minimum absolute atomic E-state index is 0.133. The Morgan fingerprint density at radius 1 is 1.34 bits per heavy atom. The van der Waals surface area contributed by atoms with Crippen LogP contribution in [0.15, 0.2) is 65.1 Å². The van der Waals surface area contributed by atoms with Crippen LogP contribution < -0.4 is 25.4 Å². The molecule has 29 heavy (non-hydrogen) atoms. The van der Waals surface area contributed by atoms with Crippen molar-refractivity contribution in [1.29, 1.82) is 0 Å². The zero-order chi connectivity index (χ0) is 21.0. The van der Waals surface area contributed by atoms with E-state index in [9.17, 15) is 9.18 Å². The number of carbonyl (C=O) groups excluding carboxylic acids is 1. The maximum Gasteiger partial charge on any atom is 0.252 e. The maximum absolute atomic E-state index is 13.2. The highest BCUT2D eigenvalue weighted by molar-refractivity contribution is 6.10. The summed E-state index contributed by atoms with van der Waals surface area (Å²) >= 11 is 0. The van der Waals surface area contributed by atoms with Gasteiger partial charge in [-0.25, -0.2) is 9.37 Å². The molecule has 2 aromatic rings. The molecule has 0 saturated heterocycles. The lowest BCUT2D eigenvalue weighted by molar-refractivity contribution is -0.116. The van der Waals surface area contributed by atoms with Crippen LogP contribution in [-0.4, -0.2) is 37.9 Å². The largest absolute Gasteiger partial charge is 0.494 e. The van der Waals surface area contributed by atoms with Crippen molar-refractivity contribution in [2.75, 3.05) is 31.8 Å². The molecule has 0 atom stereocenters. The number of fused-ring (bicyclic) bond motifs is 1. The fourth-order valence-corrected chi connectivity index (χ4v) is 2.66. The van der Waals surface area contributed by atoms with Crippen molar-refractivity contribution in [2.24, 2.45) is 4.99 Å². The topological polar surface area (TPSA) is 96.9 Å². The summed E-state index contributed by atoms with van der Waals surface area (Å²) in [6, 6.07) is 8.00. The number of anilines is 2. The van der Waals surface area contributed by atoms with Crippen LogP contribution in [0.3, 0.4) is 0 Å². The second-order valence-electron chi connectivity index (χ2n) is 5.88. The number of nitrogens with zero attached hydrogens (tertiary/aromatic N) is 2. The van der Waals surface area contributed by atoms with E-state index >= 15 is 0 Å². The van der Waals surface area contributed by atoms with Gasteiger partial charge in [-0.15, -0.1) is 0 Å². The lowest BCUT2D eigenvalue weighted by atomic mass is 10.1. The highest BCUT2D eigenvalue weighted by Crippen LogP contribution is 2.41. The van der Waals surface area contributed by atoms with Crippen molar-refractivity contribution >= 4 is 23.2 Å². The number of hydrogen-bond acceptors (Lipinski definition) is 6. The Balaban J connectivity index is 2.06. The van der Waals surface area contributed by atoms with E-state index in [1.165, 1.54) is 26.3 Å². The van der Waals surface area contributed by atoms with Crippen molar-refractivity contribution in [3.05, 3.63) is 66.0 Å². The van der Waals surface area contributed by atoms with Crippen LogP contribution in [0, 0.1) is 5.82 Å². The highest BCUT2D eigenvalue weighted by Gasteiger charge is 2.29. The van der Waals surface area contributed by atoms with Gasteiger partial charge in [-0.3, -0.25) is 9.79 Å². The van der Waals surface area contributed by atoms with Gasteiger partial charge in [0.1, 0.15) is 23.1 Å². The summed E-state index contributed by atoms with van der Waals surface area (Å²) in [5.74, 6) is 0.995. The van der Waals surface area contributed by atoms with Gasteiger partial charge in [-0.05, 0) is 24.3 Å². The Labute approximate surface area is 167 Å². The number of pyridine rings is 1. The molecule has 1 aromatic carbocycles. The molecule has 0 saturated carbocycles. The number of ether oxygens (including phenoxy) is 2. The lowest BCUT2D eigenvalue weighted by Crippen LogP contribution is -2.30. The Morgan fingerprint density at radius 3 is 2.76 bits per heavy atom. The molecule has 2 heterocycles. The van der Waals surface area contributed by atoms with E-state index in [1.807, 2.05) is 0 Å². The predicted molar refractivity (Wildman–Crippen MR) is 109 cm³/mol. The van der Waals surface area contributed by atoms with Crippen molar-refractivity contribution in [3.63, 3.8) is 0 Å². The zero-order valence-electron chi connectivity index (χ0n) is 16.2. The van der Waals surface area contributed by atoms with Gasteiger partial charge in [0.15, 0.2) is 17.3 Å². The minimum Gasteiger partial charge on any atom is -0.494 e. The van der Waals surface area contributed by atoms with Crippen LogP contribution in [0.1, 0.15) is 0 Å². The highest BCUT2D eigenvalue weighted by atomic mass is 19.1. The fraction of sp³-hybridized carbons (Fsp3) is 0.150. The van der Waals surface area contributed by atoms with Crippen molar-refractivity contribution < 1.29 is 18.7 Å². The normalized spacial score (nSPS) is 13.0. The summed E-state index contributed by atoms with van der Waals surface area (Å²) in [5.41, 5.74) is 0.986. The van der Waals surface area contributed by atoms with E-state index in [-0.39, 0.29) is 17.2 Å². The molecular weight excluding hydrogens is 377 g/mol. The number of amides is 1. The summed E-state index contributed by atoms with van der Waals surface area (Å²) in [6.07, 6.45) is 1.08. The van der Waals surface area contributed by atoms with Gasteiger partial charge in [0.2, 0.25) is 0 Å². The number of nitrogens with one attached hydrogen (secondary N) is 3. The van der Waals surface area contributed by atoms with Gasteiger partial charge in [-0.1, -0.05) is 12.6 Å². The summed E-state index contributed by atoms with van der Waals surface area (Å²) < 4.78 is 24.6. The number of aliphatic imine (C=N–C) groups is 1. The average Bonchev–Trinajstić information content (AvgIpc) is 2.76. The maximum atomic E-state index is 13.2. The number of benzene rings is 1. The van der Waals surface area contributed by atoms with Crippen LogP contribution in [0.5, 0.6) is 11.5 Å². The molecule has 1 aromatic heterocycles. The van der Waals surface area contributed by atoms with Crippen LogP contribution in [0.4, 0.5) is 15.9 Å². The smallest absolute Gasteiger partial charge is 0.252 e. The number of hydrogen-bond donors (Lipinski definition) is 3. The third kappa shape index (κ3) is 4.03. The third-order valence-corrected chi connectivity index (χ3v) is 4.11. The molecule has 0 aliphatic carbocycles. The molecule has 1 aliphatic heterocycles. The van der Waals surface area contributed by atoms with Crippen LogP contribution in [-0.2, 0) is 4.79 Å². The monoisotopic (exact) mass is 397 g/mol. The van der Waals surface area contributed by atoms with Crippen LogP contribution >= 0.6 is 0 Å². The second kappa shape index (κ2) is 8.42. The SMILES string of the molecule is C=C(C(=O)NC)C1=C(C(=NC)Nc2ccc(F)cn2)Oc2cccc(OC)c2N1. The molecule has 0 radical (unpaired) electrons. The van der Waals surface area contributed by atoms with Crippen molar-refractivity contribution in [2.45, 2.75) is 0 Å². The first-order chi connectivity index (χ1) is 14.0. The zero-order valence-corrected chi connectivity index (χ0v) is 16.2. The van der Waals surface area contributed by atoms with Gasteiger partial charge < -0.3 is 25.4 Å². The Kier molecular flexibility index (Phi) is 5.77. The van der Waals surface area contributed by atoms with E-state index in [0.717, 1.165) is 6.20 Å². The first-order valence-corrected chi connectivity index (χ1v) is 8.61. The number of rotatable bonds is 5. The first-order valence-electron chi connectivity index (χ1n) is 8.61. The number of methoxy groups -OCH3 is 1. The van der Waals surface area contributed by atoms with Gasteiger partial charge in [0.25, 0.3) is 5.91 Å². The van der Waals surface area contributed by atoms with Crippen LogP contribution in [0.25, 0.3) is 0 Å². The second-order valence-corrected chi connectivity index (χ2v) is 5.88. The number of amidine groups is 1. The number of para-hydroxylation sites is 1. The van der Waals surface area contributed by atoms with E-state index in [1.54, 1.807) is 25.2 Å². The Morgan fingerprint density at radius 2 is 2.14 bits per heavy atom. The van der Waals surface area contributed by atoms with Gasteiger partial charge in [0.05, 0.1) is 24.6 Å². The summed E-state index contributed by atoms with van der Waals surface area (Å²) in [6.45, 7) is 3.86. The summed E-state index contributed by atoms with van der Waals surface area (Å²) in [5, 5.41) is 8.67. The predicted octanol–water partition coefficient (Wildman–Crippen LogP) is 2.69. The van der Waals surface area contributed by atoms with Crippen LogP contribution in [0.2, 0.25) is 0 Å². The molecule has 0 spiro atoms. The quantitative estimate of drug-likeness (QED) is 0.408. The number of likely N-dealkylation sites (N-methyl/N-ethyl adjacent to an activating group) is 1. The van der Waals surface area contributed by atoms with Crippen molar-refractivity contribution in [1.82, 2.24) is 10.3 Å². The molecule has 0 bridgehead atoms. The molecule has 1 amide bonds. The van der Waals surface area contributed by atoms with Gasteiger partial charge in [0, 0.05) is 14.1 Å². The summed E-state index contributed by atoms with van der Waals surface area (Å²) in [4.78, 5) is 20.4. The average molecular weight is 397 g/mol. The lowest BCUT2D eigenvalue weighted by Gasteiger charge is -2.27. The summed E-state index contributed by atoms with van der Waals surface area (Å²) in [7, 11) is 4.58. The third-order valence-electron chi connectivity index (χ3n) is 4.11. The molecular formula is C20H20FN5O3. The number of carbonyl (C=O) groups is 1. The molecule has 8 nitrogen and oxygen atoms in total. The molecule has 3 N–H and O–H groups in total. The standard InChI is InChI=1S/C20H20FN5O3/c1-11(20(27)23-3)16-18(19(22-2)25-15-9-8-12(21)10-24-15)29-14-7-5-6-13(28-4)17(14)26-16/h5-10,26H,1H2,2-4H3,(H,23,27)(H,22,24,25). The Bertz CT molecular complexity index is 1020. The van der Waals surface area contributed by atoms with Gasteiger partial charge in [-0.2, -0.15) is 0 Å². The molecule has 150 valence electrons. The molecule has 9 heteroatoms. The molecule has 3 rings (SSSR count). The Hall–Kier alpha value is -3.88. The van der Waals surface area contributed by atoms with E-state index < -0.39 is 11.7 Å².